The van der Waals surface area contributed by atoms with Crippen molar-refractivity contribution in [2.45, 2.75) is 26.4 Å². The van der Waals surface area contributed by atoms with E-state index in [0.29, 0.717) is 23.5 Å². The normalized spacial score (nSPS) is 19.7. The van der Waals surface area contributed by atoms with Crippen molar-refractivity contribution in [3.05, 3.63) is 63.5 Å². The van der Waals surface area contributed by atoms with E-state index in [2.05, 4.69) is 4.99 Å². The molecule has 1 fully saturated rings. The number of amidine groups is 1. The van der Waals surface area contributed by atoms with Crippen molar-refractivity contribution in [1.82, 2.24) is 0 Å². The summed E-state index contributed by atoms with van der Waals surface area (Å²) in [5.74, 6) is -0.0677. The zero-order chi connectivity index (χ0) is 23.3. The van der Waals surface area contributed by atoms with Gasteiger partial charge in [0.1, 0.15) is 34.2 Å². The van der Waals surface area contributed by atoms with Crippen LogP contribution in [-0.4, -0.2) is 51.4 Å². The first-order chi connectivity index (χ1) is 15.4. The van der Waals surface area contributed by atoms with E-state index >= 15 is 0 Å². The number of rotatable bonds is 8. The van der Waals surface area contributed by atoms with Crippen molar-refractivity contribution in [2.75, 3.05) is 24.7 Å². The molecule has 2 atom stereocenters. The number of halogens is 1. The van der Waals surface area contributed by atoms with Crippen LogP contribution in [0.25, 0.3) is 6.08 Å². The maximum absolute atomic E-state index is 13.3. The molecule has 2 N–H and O–H groups in total. The molecule has 1 aliphatic rings. The predicted octanol–water partition coefficient (Wildman–Crippen LogP) is 3.28. The lowest BCUT2D eigenvalue weighted by Gasteiger charge is -2.17. The van der Waals surface area contributed by atoms with Crippen LogP contribution in [-0.2, 0) is 15.6 Å². The van der Waals surface area contributed by atoms with Crippen LogP contribution in [0.15, 0.2) is 52.4 Å². The summed E-state index contributed by atoms with van der Waals surface area (Å²) in [5, 5.41) is 18.8. The van der Waals surface area contributed by atoms with Crippen LogP contribution < -0.4 is 9.64 Å². The Bertz CT molecular complexity index is 1090. The van der Waals surface area contributed by atoms with E-state index in [0.717, 1.165) is 12.0 Å². The molecular formula is C23H25ClN2O5S. The van der Waals surface area contributed by atoms with E-state index in [-0.39, 0.29) is 21.7 Å². The molecule has 0 aliphatic carbocycles. The predicted molar refractivity (Wildman–Crippen MR) is 127 cm³/mol. The van der Waals surface area contributed by atoms with Crippen molar-refractivity contribution in [1.29, 1.82) is 0 Å². The summed E-state index contributed by atoms with van der Waals surface area (Å²) in [6.07, 6.45) is 1.29. The van der Waals surface area contributed by atoms with Gasteiger partial charge >= 0.3 is 0 Å². The molecule has 1 aliphatic heterocycles. The summed E-state index contributed by atoms with van der Waals surface area (Å²) in [7, 11) is -1.74. The van der Waals surface area contributed by atoms with Gasteiger partial charge in [-0.05, 0) is 48.7 Å². The van der Waals surface area contributed by atoms with Gasteiger partial charge in [-0.25, -0.2) is 4.21 Å². The number of ether oxygens (including phenoxy) is 1. The highest BCUT2D eigenvalue weighted by molar-refractivity contribution is 8.06. The molecule has 7 nitrogen and oxygen atoms in total. The minimum Gasteiger partial charge on any atom is -0.489 e. The second kappa shape index (κ2) is 10.9. The fraction of sp³-hybridized carbons (Fsp3) is 0.304. The number of aliphatic imine (C=N–C) groups is 1. The molecule has 32 heavy (non-hydrogen) atoms. The van der Waals surface area contributed by atoms with Gasteiger partial charge in [-0.3, -0.25) is 14.7 Å². The van der Waals surface area contributed by atoms with Gasteiger partial charge in [0.15, 0.2) is 0 Å². The molecule has 1 saturated heterocycles. The summed E-state index contributed by atoms with van der Waals surface area (Å²) >= 11 is 6.26. The molecule has 170 valence electrons. The zero-order valence-corrected chi connectivity index (χ0v) is 19.4. The minimum atomic E-state index is -1.74. The number of nitrogens with zero attached hydrogens (tertiary/aromatic N) is 2. The molecule has 1 heterocycles. The summed E-state index contributed by atoms with van der Waals surface area (Å²) in [6.45, 7) is 3.78. The van der Waals surface area contributed by atoms with E-state index in [4.69, 9.17) is 21.4 Å². The fourth-order valence-electron chi connectivity index (χ4n) is 3.05. The van der Waals surface area contributed by atoms with E-state index in [9.17, 15) is 14.1 Å². The quantitative estimate of drug-likeness (QED) is 0.569. The Morgan fingerprint density at radius 2 is 2.03 bits per heavy atom. The SMILES string of the molecule is CCCN=C1N(c2ccccc2C)C(=O)/C(=C/c2ccc(OC[C@H](O)CO)c(Cl)c2)S1=O. The van der Waals surface area contributed by atoms with Gasteiger partial charge < -0.3 is 14.9 Å². The molecule has 1 unspecified atom stereocenters. The third kappa shape index (κ3) is 5.27. The van der Waals surface area contributed by atoms with Gasteiger partial charge in [-0.1, -0.05) is 42.8 Å². The average Bonchev–Trinajstić information content (AvgIpc) is 3.01. The Morgan fingerprint density at radius 3 is 2.69 bits per heavy atom. The number of aliphatic hydroxyl groups is 2. The van der Waals surface area contributed by atoms with Crippen LogP contribution in [0, 0.1) is 6.92 Å². The first kappa shape index (κ1) is 24.1. The Morgan fingerprint density at radius 1 is 1.28 bits per heavy atom. The number of anilines is 1. The fourth-order valence-corrected chi connectivity index (χ4v) is 4.54. The van der Waals surface area contributed by atoms with Gasteiger partial charge in [-0.15, -0.1) is 0 Å². The molecule has 0 aromatic heterocycles. The Labute approximate surface area is 194 Å². The van der Waals surface area contributed by atoms with E-state index in [1.54, 1.807) is 24.3 Å². The van der Waals surface area contributed by atoms with Crippen LogP contribution in [0.3, 0.4) is 0 Å². The second-order valence-corrected chi connectivity index (χ2v) is 8.96. The molecule has 2 aromatic carbocycles. The largest absolute Gasteiger partial charge is 0.489 e. The number of benzene rings is 2. The van der Waals surface area contributed by atoms with Gasteiger partial charge in [0.25, 0.3) is 5.91 Å². The van der Waals surface area contributed by atoms with Crippen LogP contribution in [0.4, 0.5) is 5.69 Å². The lowest BCUT2D eigenvalue weighted by Crippen LogP contribution is -2.30. The molecule has 1 amide bonds. The topological polar surface area (TPSA) is 99.4 Å². The molecular weight excluding hydrogens is 452 g/mol. The Hall–Kier alpha value is -2.52. The number of amides is 1. The first-order valence-corrected chi connectivity index (χ1v) is 11.7. The smallest absolute Gasteiger partial charge is 0.274 e. The number of aliphatic hydroxyl groups excluding tert-OH is 2. The molecule has 0 spiro atoms. The van der Waals surface area contributed by atoms with Crippen molar-refractivity contribution in [3.63, 3.8) is 0 Å². The molecule has 0 bridgehead atoms. The molecule has 9 heteroatoms. The minimum absolute atomic E-state index is 0.109. The lowest BCUT2D eigenvalue weighted by molar-refractivity contribution is -0.113. The number of hydrogen-bond acceptors (Lipinski definition) is 6. The van der Waals surface area contributed by atoms with E-state index in [1.807, 2.05) is 32.0 Å². The average molecular weight is 477 g/mol. The highest BCUT2D eigenvalue weighted by Gasteiger charge is 2.40. The van der Waals surface area contributed by atoms with Crippen LogP contribution in [0.1, 0.15) is 24.5 Å². The molecule has 0 radical (unpaired) electrons. The third-order valence-corrected chi connectivity index (χ3v) is 6.32. The maximum atomic E-state index is 13.3. The summed E-state index contributed by atoms with van der Waals surface area (Å²) in [4.78, 5) is 19.3. The monoisotopic (exact) mass is 476 g/mol. The Balaban J connectivity index is 1.95. The molecule has 3 rings (SSSR count). The van der Waals surface area contributed by atoms with Gasteiger partial charge in [0.05, 0.1) is 17.3 Å². The standard InChI is InChI=1S/C23H25ClN2O5S/c1-3-10-25-23-26(19-7-5-4-6-15(19)2)22(29)21(32(23)30)12-16-8-9-20(18(24)11-16)31-14-17(28)13-27/h4-9,11-12,17,27-28H,3,10,13-14H2,1-2H3/b21-12-,25-23?/t17-,32?/m1/s1. The van der Waals surface area contributed by atoms with Crippen molar-refractivity contribution < 1.29 is 24.0 Å². The highest BCUT2D eigenvalue weighted by Crippen LogP contribution is 2.32. The van der Waals surface area contributed by atoms with Crippen molar-refractivity contribution in [2.24, 2.45) is 4.99 Å². The van der Waals surface area contributed by atoms with Crippen LogP contribution in [0.5, 0.6) is 5.75 Å². The zero-order valence-electron chi connectivity index (χ0n) is 17.8. The van der Waals surface area contributed by atoms with Crippen LogP contribution in [0.2, 0.25) is 5.02 Å². The first-order valence-electron chi connectivity index (χ1n) is 10.2. The van der Waals surface area contributed by atoms with Gasteiger partial charge in [0.2, 0.25) is 5.17 Å². The maximum Gasteiger partial charge on any atom is 0.274 e. The number of aryl methyl sites for hydroxylation is 1. The molecule has 2 aromatic rings. The Kier molecular flexibility index (Phi) is 8.20. The third-order valence-electron chi connectivity index (χ3n) is 4.69. The summed E-state index contributed by atoms with van der Waals surface area (Å²) < 4.78 is 18.6. The number of carbonyl (C=O) groups excluding carboxylic acids is 1. The van der Waals surface area contributed by atoms with Gasteiger partial charge in [0, 0.05) is 6.54 Å². The van der Waals surface area contributed by atoms with Gasteiger partial charge in [-0.2, -0.15) is 0 Å². The summed E-state index contributed by atoms with van der Waals surface area (Å²) in [5.41, 5.74) is 2.09. The van der Waals surface area contributed by atoms with Crippen LogP contribution >= 0.6 is 11.6 Å². The lowest BCUT2D eigenvalue weighted by atomic mass is 10.1. The highest BCUT2D eigenvalue weighted by atomic mass is 35.5. The summed E-state index contributed by atoms with van der Waals surface area (Å²) in [6, 6.07) is 12.2. The number of para-hydroxylation sites is 1. The van der Waals surface area contributed by atoms with Crippen molar-refractivity contribution in [3.8, 4) is 5.75 Å². The number of carbonyl (C=O) groups is 1. The van der Waals surface area contributed by atoms with E-state index < -0.39 is 29.4 Å². The molecule has 0 saturated carbocycles. The second-order valence-electron chi connectivity index (χ2n) is 7.21. The van der Waals surface area contributed by atoms with Crippen molar-refractivity contribution >= 4 is 45.2 Å². The van der Waals surface area contributed by atoms with E-state index in [1.165, 1.54) is 11.0 Å². The number of hydrogen-bond donors (Lipinski definition) is 2.